The smallest absolute Gasteiger partial charge is 0.263 e. The van der Waals surface area contributed by atoms with E-state index >= 15 is 0 Å². The molecule has 6 heteroatoms. The van der Waals surface area contributed by atoms with E-state index in [4.69, 9.17) is 4.74 Å². The molecular weight excluding hydrogens is 308 g/mol. The molecule has 0 radical (unpaired) electrons. The summed E-state index contributed by atoms with van der Waals surface area (Å²) in [4.78, 5) is 26.0. The first kappa shape index (κ1) is 18.1. The van der Waals surface area contributed by atoms with Crippen molar-refractivity contribution >= 4 is 11.8 Å². The van der Waals surface area contributed by atoms with Gasteiger partial charge < -0.3 is 20.1 Å². The molecule has 1 aromatic carbocycles. The van der Waals surface area contributed by atoms with Crippen LogP contribution in [0, 0.1) is 5.92 Å². The topological polar surface area (TPSA) is 78.9 Å². The number of benzene rings is 1. The van der Waals surface area contributed by atoms with Crippen LogP contribution in [0.2, 0.25) is 0 Å². The molecule has 1 heterocycles. The van der Waals surface area contributed by atoms with Crippen molar-refractivity contribution in [1.82, 2.24) is 10.2 Å². The van der Waals surface area contributed by atoms with Crippen LogP contribution < -0.4 is 10.1 Å². The minimum Gasteiger partial charge on any atom is -0.508 e. The van der Waals surface area contributed by atoms with Crippen molar-refractivity contribution in [2.75, 3.05) is 13.1 Å². The van der Waals surface area contributed by atoms with Crippen LogP contribution in [0.1, 0.15) is 33.6 Å². The molecule has 2 amide bonds. The van der Waals surface area contributed by atoms with Gasteiger partial charge in [0.05, 0.1) is 0 Å². The molecule has 6 nitrogen and oxygen atoms in total. The summed E-state index contributed by atoms with van der Waals surface area (Å²) < 4.78 is 5.64. The standard InChI is InChI=1S/C18H26N2O4/c1-12(2)17(22)19-14-8-10-20(11-9-14)18(23)13(3)24-16-6-4-15(21)5-7-16/h4-7,12-14,21H,8-11H2,1-3H3,(H,19,22). The second kappa shape index (κ2) is 8.04. The number of hydrogen-bond donors (Lipinski definition) is 2. The zero-order chi connectivity index (χ0) is 17.7. The molecule has 1 aromatic rings. The normalized spacial score (nSPS) is 16.8. The van der Waals surface area contributed by atoms with E-state index in [1.54, 1.807) is 24.0 Å². The van der Waals surface area contributed by atoms with Gasteiger partial charge in [0.1, 0.15) is 11.5 Å². The summed E-state index contributed by atoms with van der Waals surface area (Å²) in [5, 5.41) is 12.3. The minimum atomic E-state index is -0.587. The Kier molecular flexibility index (Phi) is 6.06. The first-order valence-electron chi connectivity index (χ1n) is 8.41. The van der Waals surface area contributed by atoms with E-state index in [1.807, 2.05) is 13.8 Å². The number of amides is 2. The maximum atomic E-state index is 12.5. The zero-order valence-corrected chi connectivity index (χ0v) is 14.5. The number of nitrogens with zero attached hydrogens (tertiary/aromatic N) is 1. The van der Waals surface area contributed by atoms with Crippen molar-refractivity contribution in [3.63, 3.8) is 0 Å². The Balaban J connectivity index is 1.81. The lowest BCUT2D eigenvalue weighted by atomic mass is 10.0. The number of piperidine rings is 1. The Hall–Kier alpha value is -2.24. The molecule has 0 aliphatic carbocycles. The second-order valence-electron chi connectivity index (χ2n) is 6.52. The summed E-state index contributed by atoms with van der Waals surface area (Å²) in [5.74, 6) is 0.684. The Morgan fingerprint density at radius 2 is 1.75 bits per heavy atom. The minimum absolute atomic E-state index is 0.0246. The van der Waals surface area contributed by atoms with Gasteiger partial charge >= 0.3 is 0 Å². The molecule has 0 spiro atoms. The van der Waals surface area contributed by atoms with E-state index in [9.17, 15) is 14.7 Å². The molecule has 24 heavy (non-hydrogen) atoms. The summed E-state index contributed by atoms with van der Waals surface area (Å²) >= 11 is 0. The highest BCUT2D eigenvalue weighted by molar-refractivity contribution is 5.81. The Morgan fingerprint density at radius 3 is 2.29 bits per heavy atom. The van der Waals surface area contributed by atoms with E-state index in [1.165, 1.54) is 12.1 Å². The SMILES string of the molecule is CC(C)C(=O)NC1CCN(C(=O)C(C)Oc2ccc(O)cc2)CC1. The lowest BCUT2D eigenvalue weighted by Gasteiger charge is -2.34. The number of nitrogens with one attached hydrogen (secondary N) is 1. The number of carbonyl (C=O) groups is 2. The predicted molar refractivity (Wildman–Crippen MR) is 90.8 cm³/mol. The van der Waals surface area contributed by atoms with Gasteiger partial charge in [-0.25, -0.2) is 0 Å². The maximum Gasteiger partial charge on any atom is 0.263 e. The molecule has 1 saturated heterocycles. The summed E-state index contributed by atoms with van der Waals surface area (Å²) in [6, 6.07) is 6.45. The molecule has 1 aliphatic rings. The van der Waals surface area contributed by atoms with Gasteiger partial charge in [-0.15, -0.1) is 0 Å². The van der Waals surface area contributed by atoms with Gasteiger partial charge in [-0.05, 0) is 44.0 Å². The second-order valence-corrected chi connectivity index (χ2v) is 6.52. The van der Waals surface area contributed by atoms with Gasteiger partial charge in [-0.1, -0.05) is 13.8 Å². The molecule has 2 N–H and O–H groups in total. The first-order valence-corrected chi connectivity index (χ1v) is 8.41. The van der Waals surface area contributed by atoms with Crippen molar-refractivity contribution in [2.45, 2.75) is 45.8 Å². The van der Waals surface area contributed by atoms with E-state index in [0.29, 0.717) is 18.8 Å². The number of phenolic OH excluding ortho intramolecular Hbond substituents is 1. The lowest BCUT2D eigenvalue weighted by molar-refractivity contribution is -0.139. The number of hydrogen-bond acceptors (Lipinski definition) is 4. The quantitative estimate of drug-likeness (QED) is 0.862. The van der Waals surface area contributed by atoms with Gasteiger partial charge in [0.25, 0.3) is 5.91 Å². The van der Waals surface area contributed by atoms with E-state index in [-0.39, 0.29) is 29.5 Å². The lowest BCUT2D eigenvalue weighted by Crippen LogP contribution is -2.50. The third-order valence-electron chi connectivity index (χ3n) is 4.17. The Bertz CT molecular complexity index is 563. The molecule has 2 rings (SSSR count). The summed E-state index contributed by atoms with van der Waals surface area (Å²) in [5.41, 5.74) is 0. The Labute approximate surface area is 142 Å². The van der Waals surface area contributed by atoms with E-state index < -0.39 is 6.10 Å². The fraction of sp³-hybridized carbons (Fsp3) is 0.556. The highest BCUT2D eigenvalue weighted by Gasteiger charge is 2.28. The molecule has 1 atom stereocenters. The number of carbonyl (C=O) groups excluding carboxylic acids is 2. The Morgan fingerprint density at radius 1 is 1.17 bits per heavy atom. The molecule has 1 unspecified atom stereocenters. The van der Waals surface area contributed by atoms with E-state index in [2.05, 4.69) is 5.32 Å². The summed E-state index contributed by atoms with van der Waals surface area (Å²) in [6.45, 7) is 6.70. The maximum absolute atomic E-state index is 12.5. The molecule has 132 valence electrons. The third-order valence-corrected chi connectivity index (χ3v) is 4.17. The van der Waals surface area contributed by atoms with Gasteiger partial charge in [0.2, 0.25) is 5.91 Å². The van der Waals surface area contributed by atoms with Crippen molar-refractivity contribution in [1.29, 1.82) is 0 Å². The highest BCUT2D eigenvalue weighted by atomic mass is 16.5. The number of rotatable bonds is 5. The van der Waals surface area contributed by atoms with Crippen LogP contribution in [0.4, 0.5) is 0 Å². The van der Waals surface area contributed by atoms with Crippen LogP contribution in [0.25, 0.3) is 0 Å². The number of aromatic hydroxyl groups is 1. The number of ether oxygens (including phenoxy) is 1. The fourth-order valence-corrected chi connectivity index (χ4v) is 2.65. The largest absolute Gasteiger partial charge is 0.508 e. The molecule has 1 fully saturated rings. The molecule has 0 aromatic heterocycles. The van der Waals surface area contributed by atoms with Gasteiger partial charge in [0.15, 0.2) is 6.10 Å². The van der Waals surface area contributed by atoms with Crippen LogP contribution in [0.3, 0.4) is 0 Å². The third kappa shape index (κ3) is 4.88. The monoisotopic (exact) mass is 334 g/mol. The van der Waals surface area contributed by atoms with Gasteiger partial charge in [-0.2, -0.15) is 0 Å². The van der Waals surface area contributed by atoms with Crippen molar-refractivity contribution in [2.24, 2.45) is 5.92 Å². The van der Waals surface area contributed by atoms with Crippen LogP contribution in [-0.4, -0.2) is 47.1 Å². The van der Waals surface area contributed by atoms with Crippen LogP contribution >= 0.6 is 0 Å². The summed E-state index contributed by atoms with van der Waals surface area (Å²) in [7, 11) is 0. The van der Waals surface area contributed by atoms with Gasteiger partial charge in [0, 0.05) is 25.0 Å². The molecule has 0 saturated carbocycles. The van der Waals surface area contributed by atoms with Crippen LogP contribution in [0.5, 0.6) is 11.5 Å². The average molecular weight is 334 g/mol. The number of likely N-dealkylation sites (tertiary alicyclic amines) is 1. The average Bonchev–Trinajstić information content (AvgIpc) is 2.56. The molecule has 1 aliphatic heterocycles. The predicted octanol–water partition coefficient (Wildman–Crippen LogP) is 1.92. The van der Waals surface area contributed by atoms with Crippen molar-refractivity contribution in [3.05, 3.63) is 24.3 Å². The summed E-state index contributed by atoms with van der Waals surface area (Å²) in [6.07, 6.45) is 0.933. The van der Waals surface area contributed by atoms with Crippen LogP contribution in [-0.2, 0) is 9.59 Å². The van der Waals surface area contributed by atoms with E-state index in [0.717, 1.165) is 12.8 Å². The zero-order valence-electron chi connectivity index (χ0n) is 14.5. The van der Waals surface area contributed by atoms with Gasteiger partial charge in [-0.3, -0.25) is 9.59 Å². The molecular formula is C18H26N2O4. The van der Waals surface area contributed by atoms with Crippen molar-refractivity contribution in [3.8, 4) is 11.5 Å². The molecule has 0 bridgehead atoms. The van der Waals surface area contributed by atoms with Crippen LogP contribution in [0.15, 0.2) is 24.3 Å². The first-order chi connectivity index (χ1) is 11.4. The van der Waals surface area contributed by atoms with Crippen molar-refractivity contribution < 1.29 is 19.4 Å². The number of phenols is 1. The fourth-order valence-electron chi connectivity index (χ4n) is 2.65. The highest BCUT2D eigenvalue weighted by Crippen LogP contribution is 2.19.